The van der Waals surface area contributed by atoms with Gasteiger partial charge in [-0.1, -0.05) is 66.7 Å². The van der Waals surface area contributed by atoms with Crippen LogP contribution in [0, 0.1) is 0 Å². The Labute approximate surface area is 188 Å². The smallest absolute Gasteiger partial charge is 0.368 e. The summed E-state index contributed by atoms with van der Waals surface area (Å²) < 4.78 is 38.9. The van der Waals surface area contributed by atoms with E-state index >= 15 is 0 Å². The van der Waals surface area contributed by atoms with Gasteiger partial charge in [-0.05, 0) is 44.8 Å². The predicted octanol–water partition coefficient (Wildman–Crippen LogP) is 4.77. The zero-order valence-corrected chi connectivity index (χ0v) is 17.5. The molecule has 4 rings (SSSR count). The molecule has 4 aromatic rings. The molecule has 0 aliphatic carbocycles. The van der Waals surface area contributed by atoms with Crippen molar-refractivity contribution < 1.29 is 22.8 Å². The van der Waals surface area contributed by atoms with E-state index in [0.717, 1.165) is 39.2 Å². The standard InChI is InChI=1S/C26H21F3N2O2/c27-26(28,29)19-9-5-6-16(12-19)13-24(32)31-23(25(30)33)15-22-20-10-3-1-7-17(20)14-18-8-2-4-11-21(18)22/h1-12,14,23H,13,15H2,(H2,30,33)(H,31,32)/t23-/m0/s1. The number of nitrogens with two attached hydrogens (primary N) is 1. The van der Waals surface area contributed by atoms with Gasteiger partial charge in [-0.15, -0.1) is 0 Å². The molecule has 0 aliphatic heterocycles. The van der Waals surface area contributed by atoms with E-state index in [0.29, 0.717) is 0 Å². The fraction of sp³-hybridized carbons (Fsp3) is 0.154. The van der Waals surface area contributed by atoms with Gasteiger partial charge in [0.05, 0.1) is 12.0 Å². The van der Waals surface area contributed by atoms with Crippen molar-refractivity contribution in [1.82, 2.24) is 5.32 Å². The largest absolute Gasteiger partial charge is 0.416 e. The molecule has 0 spiro atoms. The number of carbonyl (C=O) groups is 2. The second-order valence-electron chi connectivity index (χ2n) is 7.90. The van der Waals surface area contributed by atoms with E-state index < -0.39 is 29.6 Å². The minimum absolute atomic E-state index is 0.158. The highest BCUT2D eigenvalue weighted by atomic mass is 19.4. The number of fused-ring (bicyclic) bond motifs is 2. The first-order chi connectivity index (χ1) is 15.7. The zero-order chi connectivity index (χ0) is 23.6. The Morgan fingerprint density at radius 2 is 1.45 bits per heavy atom. The second kappa shape index (κ2) is 8.94. The van der Waals surface area contributed by atoms with Gasteiger partial charge in [0.25, 0.3) is 0 Å². The van der Waals surface area contributed by atoms with Gasteiger partial charge in [0.2, 0.25) is 11.8 Å². The number of nitrogens with one attached hydrogen (secondary N) is 1. The van der Waals surface area contributed by atoms with Crippen LogP contribution >= 0.6 is 0 Å². The summed E-state index contributed by atoms with van der Waals surface area (Å²) in [6, 6.07) is 21.1. The van der Waals surface area contributed by atoms with Crippen molar-refractivity contribution in [2.24, 2.45) is 5.73 Å². The molecule has 4 nitrogen and oxygen atoms in total. The molecular weight excluding hydrogens is 429 g/mol. The fourth-order valence-corrected chi connectivity index (χ4v) is 4.04. The Hall–Kier alpha value is -3.87. The summed E-state index contributed by atoms with van der Waals surface area (Å²) in [5.41, 5.74) is 5.82. The van der Waals surface area contributed by atoms with Crippen molar-refractivity contribution in [3.8, 4) is 0 Å². The van der Waals surface area contributed by atoms with Crippen LogP contribution in [0.2, 0.25) is 0 Å². The third kappa shape index (κ3) is 4.98. The third-order valence-electron chi connectivity index (χ3n) is 5.59. The van der Waals surface area contributed by atoms with Gasteiger partial charge < -0.3 is 11.1 Å². The van der Waals surface area contributed by atoms with Crippen molar-refractivity contribution in [3.63, 3.8) is 0 Å². The van der Waals surface area contributed by atoms with E-state index in [2.05, 4.69) is 11.4 Å². The van der Waals surface area contributed by atoms with Crippen LogP contribution in [0.1, 0.15) is 16.7 Å². The summed E-state index contributed by atoms with van der Waals surface area (Å²) in [6.07, 6.45) is -4.65. The number of carbonyl (C=O) groups excluding carboxylic acids is 2. The summed E-state index contributed by atoms with van der Waals surface area (Å²) in [5, 5.41) is 6.47. The number of halogens is 3. The minimum atomic E-state index is -4.50. The minimum Gasteiger partial charge on any atom is -0.368 e. The molecule has 168 valence electrons. The first kappa shape index (κ1) is 22.3. The van der Waals surface area contributed by atoms with Crippen LogP contribution in [0.3, 0.4) is 0 Å². The van der Waals surface area contributed by atoms with E-state index in [1.807, 2.05) is 48.5 Å². The monoisotopic (exact) mass is 450 g/mol. The third-order valence-corrected chi connectivity index (χ3v) is 5.59. The molecule has 0 aliphatic rings. The first-order valence-corrected chi connectivity index (χ1v) is 10.4. The topological polar surface area (TPSA) is 72.2 Å². The molecule has 1 atom stereocenters. The number of primary amides is 1. The average Bonchev–Trinajstić information content (AvgIpc) is 2.77. The van der Waals surface area contributed by atoms with Crippen LogP contribution in [0.5, 0.6) is 0 Å². The Kier molecular flexibility index (Phi) is 6.05. The summed E-state index contributed by atoms with van der Waals surface area (Å²) in [5.74, 6) is -1.30. The predicted molar refractivity (Wildman–Crippen MR) is 121 cm³/mol. The van der Waals surface area contributed by atoms with E-state index in [9.17, 15) is 22.8 Å². The Bertz CT molecular complexity index is 1290. The lowest BCUT2D eigenvalue weighted by molar-refractivity contribution is -0.137. The van der Waals surface area contributed by atoms with Gasteiger partial charge in [-0.25, -0.2) is 0 Å². The molecule has 0 heterocycles. The summed E-state index contributed by atoms with van der Waals surface area (Å²) in [7, 11) is 0. The normalized spacial score (nSPS) is 12.6. The molecule has 3 N–H and O–H groups in total. The van der Waals surface area contributed by atoms with Gasteiger partial charge in [0, 0.05) is 6.42 Å². The van der Waals surface area contributed by atoms with Crippen molar-refractivity contribution >= 4 is 33.4 Å². The molecule has 0 aromatic heterocycles. The molecule has 0 fully saturated rings. The van der Waals surface area contributed by atoms with E-state index in [1.54, 1.807) is 0 Å². The first-order valence-electron chi connectivity index (χ1n) is 10.4. The summed E-state index contributed by atoms with van der Waals surface area (Å²) in [6.45, 7) is 0. The second-order valence-corrected chi connectivity index (χ2v) is 7.90. The molecule has 0 radical (unpaired) electrons. The number of amides is 2. The van der Waals surface area contributed by atoms with Crippen LogP contribution in [0.15, 0.2) is 78.9 Å². The van der Waals surface area contributed by atoms with Crippen molar-refractivity contribution in [2.75, 3.05) is 0 Å². The van der Waals surface area contributed by atoms with Crippen LogP contribution < -0.4 is 11.1 Å². The number of hydrogen-bond donors (Lipinski definition) is 2. The molecule has 7 heteroatoms. The van der Waals surface area contributed by atoms with Gasteiger partial charge in [0.15, 0.2) is 0 Å². The molecule has 2 amide bonds. The van der Waals surface area contributed by atoms with E-state index in [-0.39, 0.29) is 18.4 Å². The number of benzene rings is 4. The van der Waals surface area contributed by atoms with E-state index in [4.69, 9.17) is 5.73 Å². The Morgan fingerprint density at radius 1 is 0.848 bits per heavy atom. The summed E-state index contributed by atoms with van der Waals surface area (Å²) in [4.78, 5) is 24.8. The maximum Gasteiger partial charge on any atom is 0.416 e. The Balaban J connectivity index is 1.61. The molecular formula is C26H21F3N2O2. The van der Waals surface area contributed by atoms with Gasteiger partial charge >= 0.3 is 6.18 Å². The van der Waals surface area contributed by atoms with Crippen LogP contribution in [-0.2, 0) is 28.6 Å². The van der Waals surface area contributed by atoms with Gasteiger partial charge in [-0.2, -0.15) is 13.2 Å². The molecule has 4 aromatic carbocycles. The number of rotatable bonds is 6. The lowest BCUT2D eigenvalue weighted by Crippen LogP contribution is -2.46. The number of hydrogen-bond acceptors (Lipinski definition) is 2. The molecule has 0 saturated carbocycles. The van der Waals surface area contributed by atoms with Gasteiger partial charge in [-0.3, -0.25) is 9.59 Å². The Morgan fingerprint density at radius 3 is 2.03 bits per heavy atom. The maximum absolute atomic E-state index is 13.0. The zero-order valence-electron chi connectivity index (χ0n) is 17.5. The van der Waals surface area contributed by atoms with Crippen LogP contribution in [0.4, 0.5) is 13.2 Å². The lowest BCUT2D eigenvalue weighted by atomic mass is 9.92. The highest BCUT2D eigenvalue weighted by Crippen LogP contribution is 2.30. The quantitative estimate of drug-likeness (QED) is 0.416. The molecule has 0 unspecified atom stereocenters. The number of alkyl halides is 3. The van der Waals surface area contributed by atoms with Crippen molar-refractivity contribution in [3.05, 3.63) is 95.6 Å². The van der Waals surface area contributed by atoms with Crippen LogP contribution in [-0.4, -0.2) is 17.9 Å². The lowest BCUT2D eigenvalue weighted by Gasteiger charge is -2.19. The summed E-state index contributed by atoms with van der Waals surface area (Å²) >= 11 is 0. The van der Waals surface area contributed by atoms with Crippen molar-refractivity contribution in [2.45, 2.75) is 25.1 Å². The van der Waals surface area contributed by atoms with Gasteiger partial charge in [0.1, 0.15) is 6.04 Å². The van der Waals surface area contributed by atoms with Crippen LogP contribution in [0.25, 0.3) is 21.5 Å². The molecule has 0 bridgehead atoms. The highest BCUT2D eigenvalue weighted by molar-refractivity contribution is 6.03. The molecule has 0 saturated heterocycles. The SMILES string of the molecule is NC(=O)[C@H](Cc1c2ccccc2cc2ccccc12)NC(=O)Cc1cccc(C(F)(F)F)c1. The highest BCUT2D eigenvalue weighted by Gasteiger charge is 2.30. The molecule has 33 heavy (non-hydrogen) atoms. The van der Waals surface area contributed by atoms with E-state index in [1.165, 1.54) is 12.1 Å². The van der Waals surface area contributed by atoms with Crippen molar-refractivity contribution in [1.29, 1.82) is 0 Å². The fourth-order valence-electron chi connectivity index (χ4n) is 4.04. The average molecular weight is 450 g/mol. The maximum atomic E-state index is 13.0.